The molecule has 2 aromatic rings. The summed E-state index contributed by atoms with van der Waals surface area (Å²) in [7, 11) is 0. The molecule has 0 aliphatic rings. The normalized spacial score (nSPS) is 12.6. The van der Waals surface area contributed by atoms with Gasteiger partial charge in [0.05, 0.1) is 11.6 Å². The predicted molar refractivity (Wildman–Crippen MR) is 71.3 cm³/mol. The Morgan fingerprint density at radius 2 is 2.12 bits per heavy atom. The van der Waals surface area contributed by atoms with Crippen LogP contribution in [0.15, 0.2) is 24.3 Å². The number of pyridine rings is 1. The molecule has 1 aromatic carbocycles. The van der Waals surface area contributed by atoms with E-state index >= 15 is 0 Å². The van der Waals surface area contributed by atoms with Gasteiger partial charge in [-0.2, -0.15) is 0 Å². The standard InChI is InChI=1S/C14H18N2O/c1-4-10(3)17-14-7-9(2)16-13-6-5-11(15)8-12(13)14/h5-8,10H,4,15H2,1-3H3. The van der Waals surface area contributed by atoms with E-state index in [4.69, 9.17) is 10.5 Å². The highest BCUT2D eigenvalue weighted by Gasteiger charge is 2.08. The molecule has 3 nitrogen and oxygen atoms in total. The lowest BCUT2D eigenvalue weighted by Gasteiger charge is -2.15. The number of aromatic nitrogens is 1. The van der Waals surface area contributed by atoms with Crippen molar-refractivity contribution in [2.75, 3.05) is 5.73 Å². The number of nitrogens with two attached hydrogens (primary N) is 1. The number of nitrogen functional groups attached to an aromatic ring is 1. The third kappa shape index (κ3) is 2.49. The zero-order valence-electron chi connectivity index (χ0n) is 10.5. The van der Waals surface area contributed by atoms with Crippen LogP contribution in [0.25, 0.3) is 10.9 Å². The summed E-state index contributed by atoms with van der Waals surface area (Å²) in [5.74, 6) is 0.870. The molecule has 3 heteroatoms. The average Bonchev–Trinajstić information content (AvgIpc) is 2.29. The molecule has 17 heavy (non-hydrogen) atoms. The van der Waals surface area contributed by atoms with E-state index in [0.717, 1.165) is 34.5 Å². The van der Waals surface area contributed by atoms with Gasteiger partial charge in [0.15, 0.2) is 0 Å². The van der Waals surface area contributed by atoms with E-state index in [0.29, 0.717) is 0 Å². The number of hydrogen-bond acceptors (Lipinski definition) is 3. The molecule has 0 saturated heterocycles. The first kappa shape index (κ1) is 11.7. The van der Waals surface area contributed by atoms with Crippen molar-refractivity contribution in [3.8, 4) is 5.75 Å². The Balaban J connectivity index is 2.55. The van der Waals surface area contributed by atoms with Crippen LogP contribution in [-0.2, 0) is 0 Å². The van der Waals surface area contributed by atoms with Gasteiger partial charge in [-0.3, -0.25) is 4.98 Å². The molecule has 0 spiro atoms. The Hall–Kier alpha value is -1.77. The fraction of sp³-hybridized carbons (Fsp3) is 0.357. The minimum Gasteiger partial charge on any atom is -0.490 e. The van der Waals surface area contributed by atoms with Crippen LogP contribution in [0.2, 0.25) is 0 Å². The van der Waals surface area contributed by atoms with Crippen LogP contribution >= 0.6 is 0 Å². The molecule has 1 unspecified atom stereocenters. The van der Waals surface area contributed by atoms with Crippen molar-refractivity contribution < 1.29 is 4.74 Å². The van der Waals surface area contributed by atoms with Crippen molar-refractivity contribution in [2.45, 2.75) is 33.3 Å². The quantitative estimate of drug-likeness (QED) is 0.823. The SMILES string of the molecule is CCC(C)Oc1cc(C)nc2ccc(N)cc12. The van der Waals surface area contributed by atoms with Crippen LogP contribution in [0.3, 0.4) is 0 Å². The second-order valence-electron chi connectivity index (χ2n) is 4.38. The minimum absolute atomic E-state index is 0.196. The number of anilines is 1. The van der Waals surface area contributed by atoms with Crippen LogP contribution in [0.1, 0.15) is 26.0 Å². The third-order valence-corrected chi connectivity index (χ3v) is 2.83. The molecule has 2 rings (SSSR count). The molecule has 1 atom stereocenters. The molecular formula is C14H18N2O. The molecule has 0 fully saturated rings. The Labute approximate surface area is 102 Å². The topological polar surface area (TPSA) is 48.1 Å². The number of aryl methyl sites for hydroxylation is 1. The van der Waals surface area contributed by atoms with Gasteiger partial charge in [0.1, 0.15) is 5.75 Å². The zero-order valence-corrected chi connectivity index (χ0v) is 10.5. The van der Waals surface area contributed by atoms with Gasteiger partial charge in [0.2, 0.25) is 0 Å². The summed E-state index contributed by atoms with van der Waals surface area (Å²) < 4.78 is 5.92. The van der Waals surface area contributed by atoms with Crippen molar-refractivity contribution >= 4 is 16.6 Å². The third-order valence-electron chi connectivity index (χ3n) is 2.83. The summed E-state index contributed by atoms with van der Waals surface area (Å²) in [6.45, 7) is 6.14. The molecule has 2 N–H and O–H groups in total. The van der Waals surface area contributed by atoms with E-state index in [-0.39, 0.29) is 6.10 Å². The van der Waals surface area contributed by atoms with Gasteiger partial charge in [-0.05, 0) is 38.5 Å². The van der Waals surface area contributed by atoms with Crippen LogP contribution in [0, 0.1) is 6.92 Å². The first-order valence-electron chi connectivity index (χ1n) is 5.93. The van der Waals surface area contributed by atoms with E-state index in [1.54, 1.807) is 0 Å². The molecule has 0 radical (unpaired) electrons. The second kappa shape index (κ2) is 4.62. The highest BCUT2D eigenvalue weighted by Crippen LogP contribution is 2.28. The zero-order chi connectivity index (χ0) is 12.4. The molecule has 0 bridgehead atoms. The smallest absolute Gasteiger partial charge is 0.130 e. The van der Waals surface area contributed by atoms with Gasteiger partial charge in [-0.1, -0.05) is 6.92 Å². The van der Waals surface area contributed by atoms with Crippen molar-refractivity contribution in [2.24, 2.45) is 0 Å². The van der Waals surface area contributed by atoms with E-state index < -0.39 is 0 Å². The predicted octanol–water partition coefficient (Wildman–Crippen LogP) is 3.30. The fourth-order valence-electron chi connectivity index (χ4n) is 1.74. The van der Waals surface area contributed by atoms with Crippen molar-refractivity contribution in [1.29, 1.82) is 0 Å². The largest absolute Gasteiger partial charge is 0.490 e. The van der Waals surface area contributed by atoms with Crippen LogP contribution in [0.4, 0.5) is 5.69 Å². The van der Waals surface area contributed by atoms with Gasteiger partial charge >= 0.3 is 0 Å². The van der Waals surface area contributed by atoms with E-state index in [1.165, 1.54) is 0 Å². The maximum atomic E-state index is 5.92. The van der Waals surface area contributed by atoms with E-state index in [2.05, 4.69) is 18.8 Å². The molecule has 0 amide bonds. The van der Waals surface area contributed by atoms with Crippen LogP contribution in [-0.4, -0.2) is 11.1 Å². The van der Waals surface area contributed by atoms with Gasteiger partial charge in [0, 0.05) is 22.8 Å². The summed E-state index contributed by atoms with van der Waals surface area (Å²) in [5.41, 5.74) is 8.43. The summed E-state index contributed by atoms with van der Waals surface area (Å²) >= 11 is 0. The molecular weight excluding hydrogens is 212 g/mol. The number of benzene rings is 1. The minimum atomic E-state index is 0.196. The maximum Gasteiger partial charge on any atom is 0.130 e. The van der Waals surface area contributed by atoms with Crippen LogP contribution < -0.4 is 10.5 Å². The highest BCUT2D eigenvalue weighted by molar-refractivity contribution is 5.87. The number of fused-ring (bicyclic) bond motifs is 1. The Morgan fingerprint density at radius 1 is 1.35 bits per heavy atom. The van der Waals surface area contributed by atoms with Crippen molar-refractivity contribution in [3.63, 3.8) is 0 Å². The molecule has 90 valence electrons. The summed E-state index contributed by atoms with van der Waals surface area (Å²) in [6, 6.07) is 7.68. The summed E-state index contributed by atoms with van der Waals surface area (Å²) in [4.78, 5) is 4.47. The molecule has 0 aliphatic heterocycles. The lowest BCUT2D eigenvalue weighted by atomic mass is 10.1. The van der Waals surface area contributed by atoms with Gasteiger partial charge < -0.3 is 10.5 Å². The molecule has 1 aromatic heterocycles. The number of nitrogens with zero attached hydrogens (tertiary/aromatic N) is 1. The van der Waals surface area contributed by atoms with Crippen LogP contribution in [0.5, 0.6) is 5.75 Å². The maximum absolute atomic E-state index is 5.92. The van der Waals surface area contributed by atoms with Gasteiger partial charge in [-0.25, -0.2) is 0 Å². The highest BCUT2D eigenvalue weighted by atomic mass is 16.5. The summed E-state index contributed by atoms with van der Waals surface area (Å²) in [6.07, 6.45) is 1.17. The summed E-state index contributed by atoms with van der Waals surface area (Å²) in [5, 5.41) is 0.982. The lowest BCUT2D eigenvalue weighted by Crippen LogP contribution is -2.10. The molecule has 0 saturated carbocycles. The second-order valence-corrected chi connectivity index (χ2v) is 4.38. The first-order chi connectivity index (χ1) is 8.10. The molecule has 0 aliphatic carbocycles. The Morgan fingerprint density at radius 3 is 2.82 bits per heavy atom. The van der Waals surface area contributed by atoms with Gasteiger partial charge in [-0.15, -0.1) is 0 Å². The number of ether oxygens (including phenoxy) is 1. The monoisotopic (exact) mass is 230 g/mol. The fourth-order valence-corrected chi connectivity index (χ4v) is 1.74. The Bertz CT molecular complexity index is 537. The van der Waals surface area contributed by atoms with E-state index in [1.807, 2.05) is 31.2 Å². The molecule has 1 heterocycles. The number of hydrogen-bond donors (Lipinski definition) is 1. The first-order valence-corrected chi connectivity index (χ1v) is 5.93. The van der Waals surface area contributed by atoms with E-state index in [9.17, 15) is 0 Å². The number of rotatable bonds is 3. The van der Waals surface area contributed by atoms with Gasteiger partial charge in [0.25, 0.3) is 0 Å². The Kier molecular flexibility index (Phi) is 3.18. The lowest BCUT2D eigenvalue weighted by molar-refractivity contribution is 0.220. The average molecular weight is 230 g/mol. The van der Waals surface area contributed by atoms with Crippen molar-refractivity contribution in [3.05, 3.63) is 30.0 Å². The van der Waals surface area contributed by atoms with Crippen molar-refractivity contribution in [1.82, 2.24) is 4.98 Å².